The SMILES string of the molecule is Cc1c(Br)cc(S(N)(=O)=O)cc1C(=O)OC(C)C. The molecule has 0 aliphatic carbocycles. The van der Waals surface area contributed by atoms with Gasteiger partial charge in [-0.15, -0.1) is 0 Å². The van der Waals surface area contributed by atoms with Crippen LogP contribution in [0.1, 0.15) is 29.8 Å². The molecule has 0 bridgehead atoms. The molecule has 18 heavy (non-hydrogen) atoms. The van der Waals surface area contributed by atoms with Gasteiger partial charge in [0.05, 0.1) is 16.6 Å². The van der Waals surface area contributed by atoms with Gasteiger partial charge in [0, 0.05) is 4.47 Å². The maximum Gasteiger partial charge on any atom is 0.338 e. The van der Waals surface area contributed by atoms with Crippen molar-refractivity contribution in [1.29, 1.82) is 0 Å². The molecule has 0 aliphatic heterocycles. The smallest absolute Gasteiger partial charge is 0.338 e. The molecule has 2 N–H and O–H groups in total. The van der Waals surface area contributed by atoms with E-state index in [1.54, 1.807) is 20.8 Å². The van der Waals surface area contributed by atoms with Gasteiger partial charge in [-0.1, -0.05) is 15.9 Å². The highest BCUT2D eigenvalue weighted by Crippen LogP contribution is 2.25. The molecule has 7 heteroatoms. The van der Waals surface area contributed by atoms with Crippen molar-refractivity contribution in [3.05, 3.63) is 27.7 Å². The molecule has 0 saturated heterocycles. The molecule has 5 nitrogen and oxygen atoms in total. The van der Waals surface area contributed by atoms with Crippen molar-refractivity contribution in [2.45, 2.75) is 31.8 Å². The van der Waals surface area contributed by atoms with E-state index in [0.717, 1.165) is 0 Å². The van der Waals surface area contributed by atoms with Gasteiger partial charge in [-0.3, -0.25) is 0 Å². The maximum atomic E-state index is 11.8. The van der Waals surface area contributed by atoms with E-state index in [1.165, 1.54) is 12.1 Å². The molecule has 0 amide bonds. The Balaban J connectivity index is 3.36. The first-order valence-corrected chi connectivity index (χ1v) is 7.50. The summed E-state index contributed by atoms with van der Waals surface area (Å²) in [5.41, 5.74) is 0.787. The Morgan fingerprint density at radius 1 is 1.39 bits per heavy atom. The number of carbonyl (C=O) groups is 1. The highest BCUT2D eigenvalue weighted by molar-refractivity contribution is 9.10. The van der Waals surface area contributed by atoms with Crippen LogP contribution >= 0.6 is 15.9 Å². The number of rotatable bonds is 3. The fraction of sp³-hybridized carbons (Fsp3) is 0.364. The van der Waals surface area contributed by atoms with Gasteiger partial charge in [-0.05, 0) is 38.5 Å². The van der Waals surface area contributed by atoms with Crippen molar-refractivity contribution < 1.29 is 17.9 Å². The van der Waals surface area contributed by atoms with Crippen LogP contribution in [0.4, 0.5) is 0 Å². The van der Waals surface area contributed by atoms with Gasteiger partial charge in [0.15, 0.2) is 0 Å². The Morgan fingerprint density at radius 3 is 2.39 bits per heavy atom. The van der Waals surface area contributed by atoms with Crippen molar-refractivity contribution >= 4 is 31.9 Å². The van der Waals surface area contributed by atoms with Crippen LogP contribution in [0.15, 0.2) is 21.5 Å². The summed E-state index contributed by atoms with van der Waals surface area (Å²) in [5, 5.41) is 5.05. The maximum absolute atomic E-state index is 11.8. The lowest BCUT2D eigenvalue weighted by atomic mass is 10.1. The lowest BCUT2D eigenvalue weighted by molar-refractivity contribution is 0.0376. The Morgan fingerprint density at radius 2 is 1.94 bits per heavy atom. The third-order valence-electron chi connectivity index (χ3n) is 2.21. The second-order valence-corrected chi connectivity index (χ2v) is 6.49. The number of halogens is 1. The van der Waals surface area contributed by atoms with Gasteiger partial charge in [0.1, 0.15) is 0 Å². The van der Waals surface area contributed by atoms with Crippen LogP contribution in [0.3, 0.4) is 0 Å². The van der Waals surface area contributed by atoms with E-state index in [-0.39, 0.29) is 16.6 Å². The normalized spacial score (nSPS) is 11.7. The highest BCUT2D eigenvalue weighted by Gasteiger charge is 2.19. The van der Waals surface area contributed by atoms with Crippen molar-refractivity contribution in [3.8, 4) is 0 Å². The second kappa shape index (κ2) is 5.38. The average Bonchev–Trinajstić information content (AvgIpc) is 2.18. The van der Waals surface area contributed by atoms with E-state index < -0.39 is 16.0 Å². The molecule has 1 rings (SSSR count). The van der Waals surface area contributed by atoms with Crippen molar-refractivity contribution in [1.82, 2.24) is 0 Å². The molecule has 1 aromatic carbocycles. The second-order valence-electron chi connectivity index (χ2n) is 4.08. The molecule has 100 valence electrons. The average molecular weight is 336 g/mol. The molecule has 0 unspecified atom stereocenters. The molecular formula is C11H14BrNO4S. The van der Waals surface area contributed by atoms with E-state index in [1.807, 2.05) is 0 Å². The van der Waals surface area contributed by atoms with Gasteiger partial charge < -0.3 is 4.74 Å². The summed E-state index contributed by atoms with van der Waals surface area (Å²) in [4.78, 5) is 11.7. The monoisotopic (exact) mass is 335 g/mol. The zero-order valence-corrected chi connectivity index (χ0v) is 12.6. The van der Waals surface area contributed by atoms with Crippen LogP contribution in [-0.4, -0.2) is 20.5 Å². The summed E-state index contributed by atoms with van der Waals surface area (Å²) in [6.45, 7) is 5.12. The van der Waals surface area contributed by atoms with Crippen LogP contribution in [0, 0.1) is 6.92 Å². The molecular weight excluding hydrogens is 322 g/mol. The minimum absolute atomic E-state index is 0.129. The molecule has 0 aromatic heterocycles. The highest BCUT2D eigenvalue weighted by atomic mass is 79.9. The first kappa shape index (κ1) is 15.1. The van der Waals surface area contributed by atoms with E-state index in [0.29, 0.717) is 10.0 Å². The molecule has 0 aliphatic rings. The Hall–Kier alpha value is -0.920. The number of benzene rings is 1. The van der Waals surface area contributed by atoms with Crippen LogP contribution in [0.25, 0.3) is 0 Å². The fourth-order valence-corrected chi connectivity index (χ4v) is 2.48. The number of ether oxygens (including phenoxy) is 1. The van der Waals surface area contributed by atoms with Crippen molar-refractivity contribution in [2.75, 3.05) is 0 Å². The minimum atomic E-state index is -3.86. The Labute approximate surface area is 114 Å². The Kier molecular flexibility index (Phi) is 4.52. The fourth-order valence-electron chi connectivity index (χ4n) is 1.31. The predicted octanol–water partition coefficient (Wildman–Crippen LogP) is 1.97. The first-order valence-electron chi connectivity index (χ1n) is 5.17. The number of primary sulfonamides is 1. The molecule has 0 atom stereocenters. The van der Waals surface area contributed by atoms with E-state index >= 15 is 0 Å². The number of nitrogens with two attached hydrogens (primary N) is 1. The Bertz CT molecular complexity index is 581. The zero-order chi connectivity index (χ0) is 14.1. The van der Waals surface area contributed by atoms with Gasteiger partial charge in [0.2, 0.25) is 10.0 Å². The summed E-state index contributed by atoms with van der Waals surface area (Å²) < 4.78 is 28.1. The molecule has 0 heterocycles. The van der Waals surface area contributed by atoms with Crippen molar-refractivity contribution in [3.63, 3.8) is 0 Å². The summed E-state index contributed by atoms with van der Waals surface area (Å²) in [7, 11) is -3.86. The zero-order valence-electron chi connectivity index (χ0n) is 10.2. The number of carbonyl (C=O) groups excluding carboxylic acids is 1. The summed E-state index contributed by atoms with van der Waals surface area (Å²) in [6.07, 6.45) is -0.284. The minimum Gasteiger partial charge on any atom is -0.459 e. The van der Waals surface area contributed by atoms with Crippen LogP contribution in [0.5, 0.6) is 0 Å². The number of hydrogen-bond donors (Lipinski definition) is 1. The van der Waals surface area contributed by atoms with E-state index in [4.69, 9.17) is 9.88 Å². The lowest BCUT2D eigenvalue weighted by Crippen LogP contribution is -2.16. The van der Waals surface area contributed by atoms with Gasteiger partial charge in [-0.25, -0.2) is 18.4 Å². The summed E-state index contributed by atoms with van der Waals surface area (Å²) in [6, 6.07) is 2.58. The van der Waals surface area contributed by atoms with Gasteiger partial charge in [-0.2, -0.15) is 0 Å². The van der Waals surface area contributed by atoms with Gasteiger partial charge >= 0.3 is 5.97 Å². The molecule has 0 radical (unpaired) electrons. The van der Waals surface area contributed by atoms with E-state index in [2.05, 4.69) is 15.9 Å². The third-order valence-corrected chi connectivity index (χ3v) is 3.93. The predicted molar refractivity (Wildman–Crippen MR) is 70.8 cm³/mol. The molecule has 0 fully saturated rings. The van der Waals surface area contributed by atoms with Crippen LogP contribution in [0.2, 0.25) is 0 Å². The van der Waals surface area contributed by atoms with Crippen LogP contribution < -0.4 is 5.14 Å². The first-order chi connectivity index (χ1) is 8.12. The van der Waals surface area contributed by atoms with Crippen LogP contribution in [-0.2, 0) is 14.8 Å². The largest absolute Gasteiger partial charge is 0.459 e. The number of sulfonamides is 1. The molecule has 0 saturated carbocycles. The topological polar surface area (TPSA) is 86.5 Å². The summed E-state index contributed by atoms with van der Waals surface area (Å²) in [5.74, 6) is -0.575. The van der Waals surface area contributed by atoms with Gasteiger partial charge in [0.25, 0.3) is 0 Å². The molecule has 1 aromatic rings. The lowest BCUT2D eigenvalue weighted by Gasteiger charge is -2.12. The number of esters is 1. The quantitative estimate of drug-likeness (QED) is 0.855. The third kappa shape index (κ3) is 3.54. The standard InChI is InChI=1S/C11H14BrNO4S/c1-6(2)17-11(14)9-4-8(18(13,15)16)5-10(12)7(9)3/h4-6H,1-3H3,(H2,13,15,16). The summed E-state index contributed by atoms with van der Waals surface area (Å²) >= 11 is 3.20. The van der Waals surface area contributed by atoms with E-state index in [9.17, 15) is 13.2 Å². The molecule has 0 spiro atoms. The number of hydrogen-bond acceptors (Lipinski definition) is 4. The van der Waals surface area contributed by atoms with Crippen molar-refractivity contribution in [2.24, 2.45) is 5.14 Å².